The summed E-state index contributed by atoms with van der Waals surface area (Å²) in [5.74, 6) is 5.06. The second-order valence-electron chi connectivity index (χ2n) is 5.67. The van der Waals surface area contributed by atoms with E-state index in [4.69, 9.17) is 5.84 Å². The van der Waals surface area contributed by atoms with Crippen LogP contribution in [0.4, 0.5) is 0 Å². The minimum atomic E-state index is -0.176. The van der Waals surface area contributed by atoms with Gasteiger partial charge < -0.3 is 0 Å². The molecular weight excluding hydrogens is 272 g/mol. The average Bonchev–Trinajstić information content (AvgIpc) is 3.19. The predicted octanol–water partition coefficient (Wildman–Crippen LogP) is 1.02. The van der Waals surface area contributed by atoms with Gasteiger partial charge in [0.2, 0.25) is 0 Å². The molecule has 0 spiro atoms. The van der Waals surface area contributed by atoms with Gasteiger partial charge in [0.25, 0.3) is 5.91 Å². The highest BCUT2D eigenvalue weighted by atomic mass is 32.1. The van der Waals surface area contributed by atoms with E-state index in [9.17, 15) is 4.79 Å². The molecule has 2 saturated heterocycles. The first-order chi connectivity index (χ1) is 9.78. The van der Waals surface area contributed by atoms with E-state index in [0.29, 0.717) is 6.04 Å². The maximum absolute atomic E-state index is 11.7. The number of thiophene rings is 1. The Balaban J connectivity index is 1.59. The fraction of sp³-hybridized carbons (Fsp3) is 0.643. The first-order valence-electron chi connectivity index (χ1n) is 7.31. The third-order valence-corrected chi connectivity index (χ3v) is 5.34. The zero-order valence-electron chi connectivity index (χ0n) is 11.7. The summed E-state index contributed by atoms with van der Waals surface area (Å²) in [7, 11) is 0. The van der Waals surface area contributed by atoms with Gasteiger partial charge in [0.15, 0.2) is 0 Å². The van der Waals surface area contributed by atoms with E-state index < -0.39 is 0 Å². The van der Waals surface area contributed by atoms with Crippen molar-refractivity contribution in [1.82, 2.24) is 15.2 Å². The molecule has 2 fully saturated rings. The van der Waals surface area contributed by atoms with Crippen LogP contribution in [0.2, 0.25) is 0 Å². The van der Waals surface area contributed by atoms with E-state index in [1.54, 1.807) is 0 Å². The molecule has 0 radical (unpaired) electrons. The fourth-order valence-electron chi connectivity index (χ4n) is 3.33. The van der Waals surface area contributed by atoms with Gasteiger partial charge in [0.1, 0.15) is 0 Å². The molecule has 3 rings (SSSR count). The van der Waals surface area contributed by atoms with Crippen LogP contribution in [-0.2, 0) is 6.54 Å². The lowest BCUT2D eigenvalue weighted by Gasteiger charge is -2.23. The summed E-state index contributed by atoms with van der Waals surface area (Å²) in [6.07, 6.45) is 3.95. The van der Waals surface area contributed by atoms with Gasteiger partial charge in [-0.1, -0.05) is 0 Å². The molecule has 5 nitrogen and oxygen atoms in total. The van der Waals surface area contributed by atoms with Gasteiger partial charge in [-0.05, 0) is 49.4 Å². The fourth-order valence-corrected chi connectivity index (χ4v) is 4.14. The van der Waals surface area contributed by atoms with Crippen LogP contribution in [0.5, 0.6) is 0 Å². The molecule has 0 aliphatic carbocycles. The monoisotopic (exact) mass is 294 g/mol. The third-order valence-electron chi connectivity index (χ3n) is 4.38. The first-order valence-corrected chi connectivity index (χ1v) is 8.19. The van der Waals surface area contributed by atoms with Crippen molar-refractivity contribution in [3.05, 3.63) is 21.9 Å². The van der Waals surface area contributed by atoms with Crippen LogP contribution >= 0.6 is 11.3 Å². The van der Waals surface area contributed by atoms with Gasteiger partial charge in [-0.3, -0.25) is 20.0 Å². The SMILES string of the molecule is NNC(=O)c1sccc1CN1CCC(N2CCCC2)C1. The number of rotatable bonds is 4. The molecule has 3 heterocycles. The summed E-state index contributed by atoms with van der Waals surface area (Å²) < 4.78 is 0. The molecule has 0 aromatic carbocycles. The largest absolute Gasteiger partial charge is 0.299 e. The molecule has 3 N–H and O–H groups in total. The molecule has 1 amide bonds. The molecule has 0 saturated carbocycles. The lowest BCUT2D eigenvalue weighted by Crippen LogP contribution is -2.35. The summed E-state index contributed by atoms with van der Waals surface area (Å²) in [4.78, 5) is 17.5. The standard InChI is InChI=1S/C14H22N4OS/c15-16-14(19)13-11(4-8-20-13)9-17-7-3-12(10-17)18-5-1-2-6-18/h4,8,12H,1-3,5-7,9-10,15H2,(H,16,19). The minimum Gasteiger partial charge on any atom is -0.299 e. The van der Waals surface area contributed by atoms with Gasteiger partial charge >= 0.3 is 0 Å². The van der Waals surface area contributed by atoms with Crippen molar-refractivity contribution in [3.63, 3.8) is 0 Å². The maximum atomic E-state index is 11.7. The van der Waals surface area contributed by atoms with Crippen LogP contribution in [0.1, 0.15) is 34.5 Å². The van der Waals surface area contributed by atoms with Gasteiger partial charge in [0, 0.05) is 25.7 Å². The number of likely N-dealkylation sites (tertiary alicyclic amines) is 2. The van der Waals surface area contributed by atoms with E-state index in [-0.39, 0.29) is 5.91 Å². The van der Waals surface area contributed by atoms with Crippen molar-refractivity contribution in [2.45, 2.75) is 31.8 Å². The molecule has 2 aliphatic heterocycles. The second-order valence-corrected chi connectivity index (χ2v) is 6.59. The van der Waals surface area contributed by atoms with Gasteiger partial charge in [0.05, 0.1) is 4.88 Å². The molecular formula is C14H22N4OS. The molecule has 20 heavy (non-hydrogen) atoms. The Bertz CT molecular complexity index is 469. The van der Waals surface area contributed by atoms with Crippen LogP contribution in [0.15, 0.2) is 11.4 Å². The third kappa shape index (κ3) is 2.88. The van der Waals surface area contributed by atoms with E-state index in [1.807, 2.05) is 11.4 Å². The molecule has 6 heteroatoms. The van der Waals surface area contributed by atoms with E-state index in [1.165, 1.54) is 43.7 Å². The lowest BCUT2D eigenvalue weighted by atomic mass is 10.2. The Morgan fingerprint density at radius 2 is 2.20 bits per heavy atom. The highest BCUT2D eigenvalue weighted by molar-refractivity contribution is 7.12. The Morgan fingerprint density at radius 3 is 2.95 bits per heavy atom. The highest BCUT2D eigenvalue weighted by Crippen LogP contribution is 2.24. The normalized spacial score (nSPS) is 24.4. The Morgan fingerprint density at radius 1 is 1.40 bits per heavy atom. The van der Waals surface area contributed by atoms with Crippen molar-refractivity contribution >= 4 is 17.2 Å². The van der Waals surface area contributed by atoms with Gasteiger partial charge in [-0.15, -0.1) is 11.3 Å². The number of nitrogens with one attached hydrogen (secondary N) is 1. The number of amides is 1. The number of hydrazine groups is 1. The number of carbonyl (C=O) groups excluding carboxylic acids is 1. The number of carbonyl (C=O) groups is 1. The van der Waals surface area contributed by atoms with Crippen molar-refractivity contribution in [2.75, 3.05) is 26.2 Å². The summed E-state index contributed by atoms with van der Waals surface area (Å²) >= 11 is 1.46. The summed E-state index contributed by atoms with van der Waals surface area (Å²) in [6.45, 7) is 5.63. The predicted molar refractivity (Wildman–Crippen MR) is 80.5 cm³/mol. The van der Waals surface area contributed by atoms with Gasteiger partial charge in [-0.25, -0.2) is 5.84 Å². The highest BCUT2D eigenvalue weighted by Gasteiger charge is 2.29. The average molecular weight is 294 g/mol. The number of nitrogens with two attached hydrogens (primary N) is 1. The Hall–Kier alpha value is -0.950. The number of hydrogen-bond donors (Lipinski definition) is 2. The lowest BCUT2D eigenvalue weighted by molar-refractivity contribution is 0.0956. The van der Waals surface area contributed by atoms with Crippen LogP contribution in [0.25, 0.3) is 0 Å². The number of nitrogen functional groups attached to an aromatic ring is 1. The van der Waals surface area contributed by atoms with E-state index in [0.717, 1.165) is 30.1 Å². The molecule has 1 unspecified atom stereocenters. The maximum Gasteiger partial charge on any atom is 0.275 e. The number of hydrogen-bond acceptors (Lipinski definition) is 5. The van der Waals surface area contributed by atoms with E-state index in [2.05, 4.69) is 15.2 Å². The van der Waals surface area contributed by atoms with Gasteiger partial charge in [-0.2, -0.15) is 0 Å². The van der Waals surface area contributed by atoms with E-state index >= 15 is 0 Å². The summed E-state index contributed by atoms with van der Waals surface area (Å²) in [5.41, 5.74) is 3.33. The quantitative estimate of drug-likeness (QED) is 0.494. The molecule has 0 bridgehead atoms. The Kier molecular flexibility index (Phi) is 4.35. The molecule has 1 atom stereocenters. The zero-order chi connectivity index (χ0) is 13.9. The van der Waals surface area contributed by atoms with Crippen molar-refractivity contribution in [2.24, 2.45) is 5.84 Å². The summed E-state index contributed by atoms with van der Waals surface area (Å²) in [6, 6.07) is 2.75. The van der Waals surface area contributed by atoms with Crippen LogP contribution in [0, 0.1) is 0 Å². The minimum absolute atomic E-state index is 0.176. The first kappa shape index (κ1) is 14.0. The van der Waals surface area contributed by atoms with Crippen molar-refractivity contribution in [3.8, 4) is 0 Å². The zero-order valence-corrected chi connectivity index (χ0v) is 12.5. The molecule has 110 valence electrons. The van der Waals surface area contributed by atoms with Crippen LogP contribution < -0.4 is 11.3 Å². The van der Waals surface area contributed by atoms with Crippen molar-refractivity contribution in [1.29, 1.82) is 0 Å². The van der Waals surface area contributed by atoms with Crippen LogP contribution in [-0.4, -0.2) is 47.9 Å². The number of nitrogens with zero attached hydrogens (tertiary/aromatic N) is 2. The molecule has 1 aromatic heterocycles. The van der Waals surface area contributed by atoms with Crippen molar-refractivity contribution < 1.29 is 4.79 Å². The Labute approximate surface area is 123 Å². The topological polar surface area (TPSA) is 61.6 Å². The smallest absolute Gasteiger partial charge is 0.275 e. The van der Waals surface area contributed by atoms with Crippen LogP contribution in [0.3, 0.4) is 0 Å². The molecule has 2 aliphatic rings. The molecule has 1 aromatic rings. The second kappa shape index (κ2) is 6.22. The summed E-state index contributed by atoms with van der Waals surface area (Å²) in [5, 5.41) is 1.97.